The van der Waals surface area contributed by atoms with Gasteiger partial charge in [-0.3, -0.25) is 0 Å². The lowest BCUT2D eigenvalue weighted by Gasteiger charge is -2.19. The van der Waals surface area contributed by atoms with Gasteiger partial charge in [0, 0.05) is 45.3 Å². The highest BCUT2D eigenvalue weighted by Crippen LogP contribution is 2.38. The fraction of sp³-hybridized carbons (Fsp3) is 0.0769. The first-order valence-electron chi connectivity index (χ1n) is 23.8. The summed E-state index contributed by atoms with van der Waals surface area (Å²) in [5.74, 6) is 0. The zero-order chi connectivity index (χ0) is 50.2. The highest BCUT2D eigenvalue weighted by Gasteiger charge is 2.16. The fourth-order valence-electron chi connectivity index (χ4n) is 7.63. The van der Waals surface area contributed by atoms with E-state index >= 15 is 0 Å². The molecule has 7 aromatic carbocycles. The zero-order valence-electron chi connectivity index (χ0n) is 41.0. The first-order valence-corrected chi connectivity index (χ1v) is 23.8. The predicted octanol–water partition coefficient (Wildman–Crippen LogP) is 15.6. The van der Waals surface area contributed by atoms with Crippen molar-refractivity contribution < 1.29 is 0 Å². The maximum absolute atomic E-state index is 6.90. The Hall–Kier alpha value is -8.84. The van der Waals surface area contributed by atoms with Crippen LogP contribution in [-0.2, 0) is 6.42 Å². The molecule has 0 fully saturated rings. The molecule has 0 heterocycles. The summed E-state index contributed by atoms with van der Waals surface area (Å²) in [6, 6.07) is 60.1. The van der Waals surface area contributed by atoms with E-state index in [1.54, 1.807) is 6.08 Å². The minimum absolute atomic E-state index is 0.414. The van der Waals surface area contributed by atoms with Crippen LogP contribution in [0.25, 0.3) is 33.5 Å². The molecule has 10 N–H and O–H groups in total. The standard InChI is InChI=1S/C52H50N4.C13H16N2/c1-5-7-11-17-38(4)47-35-42(27-33-49(47)55-44-29-23-37(3)24-30-44)43-28-34-50(48(36-43)39-18-13-9-14-19-39)56-45-31-25-41(26-32-45)52(54)46(22-12-8-6-2)51(53)40-20-15-10-16-21-40;14-11-5-4-8-13(15)10-9-12-6-2-1-3-7-12/h5-36,52,55-56H,4,53-54H2,1-3H3;1-8,10-11H,9,14-15H2/b7-5-,8-6-,17-11-,22-12-,51-46-;8-4-,11-5-,13-10-. The normalized spacial score (nSPS) is 12.7. The first-order chi connectivity index (χ1) is 34.7. The lowest BCUT2D eigenvalue weighted by atomic mass is 9.93. The third-order valence-corrected chi connectivity index (χ3v) is 11.5. The SMILES string of the molecule is C=C(/C=C\C=C/C)c1cc(-c2ccc(Nc3ccc(C(N)C(/C=C\C=C/C)=C(\N)c4ccccc4)cc3)c(-c3ccccc3)c2)ccc1Nc1ccc(C)cc1.N\C=C/C=C\C(N)=C\Cc1ccccc1. The van der Waals surface area contributed by atoms with Gasteiger partial charge in [0.15, 0.2) is 0 Å². The molecule has 71 heavy (non-hydrogen) atoms. The van der Waals surface area contributed by atoms with Gasteiger partial charge in [0.2, 0.25) is 0 Å². The Labute approximate surface area is 421 Å². The van der Waals surface area contributed by atoms with Gasteiger partial charge in [-0.15, -0.1) is 0 Å². The molecule has 356 valence electrons. The van der Waals surface area contributed by atoms with Gasteiger partial charge in [-0.25, -0.2) is 0 Å². The molecule has 6 nitrogen and oxygen atoms in total. The molecule has 0 spiro atoms. The average molecular weight is 931 g/mol. The number of anilines is 4. The summed E-state index contributed by atoms with van der Waals surface area (Å²) in [5.41, 5.74) is 41.5. The molecule has 1 unspecified atom stereocenters. The van der Waals surface area contributed by atoms with Gasteiger partial charge in [-0.1, -0.05) is 200 Å². The van der Waals surface area contributed by atoms with Crippen molar-refractivity contribution in [3.05, 3.63) is 301 Å². The third-order valence-electron chi connectivity index (χ3n) is 11.5. The number of allylic oxidation sites excluding steroid dienone is 12. The summed E-state index contributed by atoms with van der Waals surface area (Å²) >= 11 is 0. The lowest BCUT2D eigenvalue weighted by molar-refractivity contribution is 0.870. The number of aryl methyl sites for hydroxylation is 1. The molecule has 0 radical (unpaired) electrons. The van der Waals surface area contributed by atoms with Crippen molar-refractivity contribution >= 4 is 34.0 Å². The lowest BCUT2D eigenvalue weighted by Crippen LogP contribution is -2.16. The van der Waals surface area contributed by atoms with E-state index in [1.807, 2.05) is 129 Å². The molecule has 0 aliphatic carbocycles. The maximum atomic E-state index is 6.90. The summed E-state index contributed by atoms with van der Waals surface area (Å²) in [6.45, 7) is 10.5. The summed E-state index contributed by atoms with van der Waals surface area (Å²) in [4.78, 5) is 0. The summed E-state index contributed by atoms with van der Waals surface area (Å²) < 4.78 is 0. The van der Waals surface area contributed by atoms with Gasteiger partial charge in [0.25, 0.3) is 0 Å². The van der Waals surface area contributed by atoms with Crippen LogP contribution in [0.15, 0.2) is 273 Å². The monoisotopic (exact) mass is 931 g/mol. The van der Waals surface area contributed by atoms with E-state index < -0.39 is 6.04 Å². The van der Waals surface area contributed by atoms with Crippen molar-refractivity contribution in [2.24, 2.45) is 22.9 Å². The van der Waals surface area contributed by atoms with Crippen LogP contribution in [0.4, 0.5) is 22.7 Å². The molecule has 0 aromatic heterocycles. The van der Waals surface area contributed by atoms with E-state index in [0.717, 1.165) is 85.0 Å². The van der Waals surface area contributed by atoms with Gasteiger partial charge in [-0.05, 0) is 139 Å². The second-order valence-electron chi connectivity index (χ2n) is 16.8. The van der Waals surface area contributed by atoms with E-state index in [0.29, 0.717) is 5.70 Å². The van der Waals surface area contributed by atoms with Crippen LogP contribution in [0.5, 0.6) is 0 Å². The van der Waals surface area contributed by atoms with E-state index in [1.165, 1.54) is 17.3 Å². The molecule has 0 saturated carbocycles. The van der Waals surface area contributed by atoms with E-state index in [4.69, 9.17) is 22.9 Å². The highest BCUT2D eigenvalue weighted by molar-refractivity contribution is 5.89. The van der Waals surface area contributed by atoms with Crippen molar-refractivity contribution in [2.45, 2.75) is 33.2 Å². The summed E-state index contributed by atoms with van der Waals surface area (Å²) in [6.07, 6.45) is 25.7. The molecule has 6 heteroatoms. The molecule has 0 saturated heterocycles. The van der Waals surface area contributed by atoms with Crippen LogP contribution in [0.3, 0.4) is 0 Å². The van der Waals surface area contributed by atoms with E-state index in [9.17, 15) is 0 Å². The minimum atomic E-state index is -0.414. The average Bonchev–Trinajstić information content (AvgIpc) is 3.41. The largest absolute Gasteiger partial charge is 0.405 e. The van der Waals surface area contributed by atoms with Crippen molar-refractivity contribution in [3.63, 3.8) is 0 Å². The van der Waals surface area contributed by atoms with Crippen molar-refractivity contribution in [2.75, 3.05) is 10.6 Å². The van der Waals surface area contributed by atoms with Gasteiger partial charge < -0.3 is 33.6 Å². The van der Waals surface area contributed by atoms with Crippen molar-refractivity contribution in [1.29, 1.82) is 0 Å². The Bertz CT molecular complexity index is 3040. The second-order valence-corrected chi connectivity index (χ2v) is 16.8. The number of benzene rings is 7. The van der Waals surface area contributed by atoms with Crippen molar-refractivity contribution in [3.8, 4) is 22.3 Å². The smallest absolute Gasteiger partial charge is 0.0572 e. The number of hydrogen-bond acceptors (Lipinski definition) is 6. The van der Waals surface area contributed by atoms with Gasteiger partial charge in [-0.2, -0.15) is 0 Å². The number of hydrogen-bond donors (Lipinski definition) is 6. The topological polar surface area (TPSA) is 128 Å². The molecule has 0 bridgehead atoms. The minimum Gasteiger partial charge on any atom is -0.405 e. The van der Waals surface area contributed by atoms with Gasteiger partial charge in [0.1, 0.15) is 0 Å². The van der Waals surface area contributed by atoms with Crippen LogP contribution < -0.4 is 33.6 Å². The first kappa shape index (κ1) is 51.5. The Morgan fingerprint density at radius 1 is 0.563 bits per heavy atom. The molecular formula is C65H66N6. The number of nitrogens with two attached hydrogens (primary N) is 4. The molecule has 1 atom stereocenters. The second kappa shape index (κ2) is 27.2. The van der Waals surface area contributed by atoms with Gasteiger partial charge >= 0.3 is 0 Å². The Morgan fingerprint density at radius 2 is 1.11 bits per heavy atom. The zero-order valence-corrected chi connectivity index (χ0v) is 41.0. The van der Waals surface area contributed by atoms with Crippen LogP contribution in [0, 0.1) is 6.92 Å². The molecule has 7 aromatic rings. The Morgan fingerprint density at radius 3 is 1.75 bits per heavy atom. The molecule has 0 aliphatic rings. The summed E-state index contributed by atoms with van der Waals surface area (Å²) in [5, 5.41) is 7.31. The number of nitrogens with one attached hydrogen (secondary N) is 2. The quantitative estimate of drug-likeness (QED) is 0.0476. The highest BCUT2D eigenvalue weighted by atomic mass is 14.9. The van der Waals surface area contributed by atoms with Crippen molar-refractivity contribution in [1.82, 2.24) is 0 Å². The van der Waals surface area contributed by atoms with E-state index in [-0.39, 0.29) is 0 Å². The number of rotatable bonds is 18. The maximum Gasteiger partial charge on any atom is 0.0572 e. The molecule has 0 aliphatic heterocycles. The van der Waals surface area contributed by atoms with E-state index in [2.05, 4.69) is 152 Å². The fourth-order valence-corrected chi connectivity index (χ4v) is 7.63. The summed E-state index contributed by atoms with van der Waals surface area (Å²) in [7, 11) is 0. The third kappa shape index (κ3) is 15.6. The van der Waals surface area contributed by atoms with Crippen LogP contribution in [-0.4, -0.2) is 0 Å². The molecule has 7 rings (SSSR count). The van der Waals surface area contributed by atoms with Crippen LogP contribution in [0.2, 0.25) is 0 Å². The molecule has 0 amide bonds. The Balaban J connectivity index is 0.000000471. The predicted molar refractivity (Wildman–Crippen MR) is 308 cm³/mol. The van der Waals surface area contributed by atoms with Crippen LogP contribution >= 0.6 is 0 Å². The Kier molecular flexibility index (Phi) is 19.8. The van der Waals surface area contributed by atoms with Gasteiger partial charge in [0.05, 0.1) is 6.04 Å². The van der Waals surface area contributed by atoms with Crippen LogP contribution in [0.1, 0.15) is 47.7 Å². The molecular weight excluding hydrogens is 865 g/mol.